The smallest absolute Gasteiger partial charge is 0.260 e. The summed E-state index contributed by atoms with van der Waals surface area (Å²) in [5.41, 5.74) is 0. The van der Waals surface area contributed by atoms with Crippen LogP contribution in [0.5, 0.6) is 0 Å². The summed E-state index contributed by atoms with van der Waals surface area (Å²) >= 11 is 0. The number of sulfonamides is 1. The molecule has 1 aromatic rings. The molecule has 1 amide bonds. The summed E-state index contributed by atoms with van der Waals surface area (Å²) in [5, 5.41) is 6.01. The normalized spacial score (nSPS) is 19.1. The quantitative estimate of drug-likeness (QED) is 0.713. The van der Waals surface area contributed by atoms with Crippen LogP contribution in [0.25, 0.3) is 0 Å². The number of piperazine rings is 1. The van der Waals surface area contributed by atoms with Gasteiger partial charge in [-0.1, -0.05) is 0 Å². The Kier molecular flexibility index (Phi) is 2.68. The number of amides is 1. The molecule has 0 atom stereocenters. The highest BCUT2D eigenvalue weighted by Crippen LogP contribution is 2.14. The van der Waals surface area contributed by atoms with Gasteiger partial charge in [0.1, 0.15) is 0 Å². The number of carbonyl (C=O) groups excluding carboxylic acids is 1. The largest absolute Gasteiger partial charge is 0.343 e. The molecule has 7 nitrogen and oxygen atoms in total. The van der Waals surface area contributed by atoms with E-state index in [1.165, 1.54) is 17.2 Å². The van der Waals surface area contributed by atoms with Crippen LogP contribution in [-0.2, 0) is 14.8 Å². The zero-order valence-electron chi connectivity index (χ0n) is 8.75. The summed E-state index contributed by atoms with van der Waals surface area (Å²) in [6.45, 7) is 0.605. The van der Waals surface area contributed by atoms with Crippen molar-refractivity contribution in [1.82, 2.24) is 19.4 Å². The highest BCUT2D eigenvalue weighted by atomic mass is 32.2. The lowest BCUT2D eigenvalue weighted by Crippen LogP contribution is -2.50. The van der Waals surface area contributed by atoms with Gasteiger partial charge in [-0.2, -0.15) is 9.40 Å². The third-order valence-electron chi connectivity index (χ3n) is 2.52. The van der Waals surface area contributed by atoms with E-state index in [-0.39, 0.29) is 17.5 Å². The second-order valence-electron chi connectivity index (χ2n) is 3.57. The number of aromatic nitrogens is 2. The molecular formula is C8H12N4O3S. The first kappa shape index (κ1) is 11.1. The van der Waals surface area contributed by atoms with Crippen molar-refractivity contribution in [3.05, 3.63) is 12.3 Å². The number of aromatic amines is 1. The minimum absolute atomic E-state index is 0.0184. The van der Waals surface area contributed by atoms with Crippen molar-refractivity contribution in [2.24, 2.45) is 0 Å². The van der Waals surface area contributed by atoms with E-state index in [1.54, 1.807) is 7.05 Å². The average Bonchev–Trinajstić information content (AvgIpc) is 2.75. The van der Waals surface area contributed by atoms with Gasteiger partial charge in [-0.15, -0.1) is 0 Å². The average molecular weight is 244 g/mol. The topological polar surface area (TPSA) is 86.4 Å². The number of nitrogens with zero attached hydrogens (tertiary/aromatic N) is 3. The first-order chi connectivity index (χ1) is 7.51. The SMILES string of the molecule is CN1CCN(S(=O)(=O)c2ccn[nH]2)CC1=O. The Balaban J connectivity index is 2.23. The molecule has 2 heterocycles. The number of carbonyl (C=O) groups is 1. The molecule has 16 heavy (non-hydrogen) atoms. The van der Waals surface area contributed by atoms with E-state index in [9.17, 15) is 13.2 Å². The van der Waals surface area contributed by atoms with Crippen molar-refractivity contribution in [2.75, 3.05) is 26.7 Å². The van der Waals surface area contributed by atoms with E-state index in [1.807, 2.05) is 0 Å². The second-order valence-corrected chi connectivity index (χ2v) is 5.48. The van der Waals surface area contributed by atoms with Crippen LogP contribution >= 0.6 is 0 Å². The Morgan fingerprint density at radius 1 is 1.44 bits per heavy atom. The molecule has 88 valence electrons. The van der Waals surface area contributed by atoms with Gasteiger partial charge in [-0.05, 0) is 6.07 Å². The van der Waals surface area contributed by atoms with E-state index >= 15 is 0 Å². The molecule has 1 aliphatic heterocycles. The minimum Gasteiger partial charge on any atom is -0.343 e. The van der Waals surface area contributed by atoms with E-state index in [0.717, 1.165) is 4.31 Å². The van der Waals surface area contributed by atoms with Crippen molar-refractivity contribution in [1.29, 1.82) is 0 Å². The number of hydrogen-bond acceptors (Lipinski definition) is 4. The van der Waals surface area contributed by atoms with Gasteiger partial charge in [0.15, 0.2) is 5.03 Å². The summed E-state index contributed by atoms with van der Waals surface area (Å²) in [5.74, 6) is -0.200. The molecule has 1 fully saturated rings. The lowest BCUT2D eigenvalue weighted by atomic mass is 10.4. The van der Waals surface area contributed by atoms with Crippen LogP contribution in [0.15, 0.2) is 17.3 Å². The zero-order chi connectivity index (χ0) is 11.8. The van der Waals surface area contributed by atoms with Crippen LogP contribution in [-0.4, -0.2) is 60.4 Å². The van der Waals surface area contributed by atoms with Crippen LogP contribution in [0.1, 0.15) is 0 Å². The molecule has 0 aromatic carbocycles. The van der Waals surface area contributed by atoms with E-state index < -0.39 is 10.0 Å². The maximum Gasteiger partial charge on any atom is 0.260 e. The number of likely N-dealkylation sites (N-methyl/N-ethyl adjacent to an activating group) is 1. The fraction of sp³-hybridized carbons (Fsp3) is 0.500. The van der Waals surface area contributed by atoms with Gasteiger partial charge in [0.05, 0.1) is 12.7 Å². The van der Waals surface area contributed by atoms with Gasteiger partial charge in [0.2, 0.25) is 5.91 Å². The molecule has 0 unspecified atom stereocenters. The van der Waals surface area contributed by atoms with Crippen LogP contribution < -0.4 is 0 Å². The maximum atomic E-state index is 12.0. The lowest BCUT2D eigenvalue weighted by Gasteiger charge is -2.30. The molecule has 0 bridgehead atoms. The summed E-state index contributed by atoms with van der Waals surface area (Å²) in [6, 6.07) is 1.37. The van der Waals surface area contributed by atoms with E-state index in [4.69, 9.17) is 0 Å². The molecule has 1 N–H and O–H groups in total. The van der Waals surface area contributed by atoms with Crippen molar-refractivity contribution in [3.63, 3.8) is 0 Å². The van der Waals surface area contributed by atoms with Gasteiger partial charge >= 0.3 is 0 Å². The Labute approximate surface area is 93.1 Å². The second kappa shape index (κ2) is 3.87. The van der Waals surface area contributed by atoms with Crippen molar-refractivity contribution in [2.45, 2.75) is 5.03 Å². The summed E-state index contributed by atoms with van der Waals surface area (Å²) < 4.78 is 25.1. The first-order valence-electron chi connectivity index (χ1n) is 4.75. The van der Waals surface area contributed by atoms with Crippen molar-refractivity contribution >= 4 is 15.9 Å². The Bertz CT molecular complexity index is 481. The van der Waals surface area contributed by atoms with Crippen LogP contribution in [0, 0.1) is 0 Å². The van der Waals surface area contributed by atoms with Crippen LogP contribution in [0.3, 0.4) is 0 Å². The molecule has 0 spiro atoms. The highest BCUT2D eigenvalue weighted by Gasteiger charge is 2.32. The molecular weight excluding hydrogens is 232 g/mol. The van der Waals surface area contributed by atoms with Crippen LogP contribution in [0.2, 0.25) is 0 Å². The fourth-order valence-electron chi connectivity index (χ4n) is 1.47. The van der Waals surface area contributed by atoms with Crippen molar-refractivity contribution < 1.29 is 13.2 Å². The predicted molar refractivity (Wildman–Crippen MR) is 55.0 cm³/mol. The number of nitrogens with one attached hydrogen (secondary N) is 1. The minimum atomic E-state index is -3.61. The van der Waals surface area contributed by atoms with Gasteiger partial charge < -0.3 is 4.90 Å². The molecule has 2 rings (SSSR count). The Morgan fingerprint density at radius 2 is 2.19 bits per heavy atom. The molecule has 8 heteroatoms. The molecule has 0 saturated carbocycles. The third kappa shape index (κ3) is 1.81. The maximum absolute atomic E-state index is 12.0. The summed E-state index contributed by atoms with van der Waals surface area (Å²) in [6.07, 6.45) is 1.37. The van der Waals surface area contributed by atoms with Crippen molar-refractivity contribution in [3.8, 4) is 0 Å². The molecule has 0 radical (unpaired) electrons. The third-order valence-corrected chi connectivity index (χ3v) is 4.29. The molecule has 1 saturated heterocycles. The van der Waals surface area contributed by atoms with Crippen LogP contribution in [0.4, 0.5) is 0 Å². The summed E-state index contributed by atoms with van der Waals surface area (Å²) in [4.78, 5) is 12.9. The predicted octanol–water partition coefficient (Wildman–Crippen LogP) is -1.13. The Hall–Kier alpha value is -1.41. The van der Waals surface area contributed by atoms with Gasteiger partial charge in [0, 0.05) is 20.1 Å². The van der Waals surface area contributed by atoms with Gasteiger partial charge in [-0.3, -0.25) is 9.89 Å². The number of H-pyrrole nitrogens is 1. The molecule has 0 aliphatic carbocycles. The molecule has 1 aromatic heterocycles. The monoisotopic (exact) mass is 244 g/mol. The van der Waals surface area contributed by atoms with Gasteiger partial charge in [0.25, 0.3) is 10.0 Å². The van der Waals surface area contributed by atoms with Gasteiger partial charge in [-0.25, -0.2) is 8.42 Å². The standard InChI is InChI=1S/C8H12N4O3S/c1-11-4-5-12(6-8(11)13)16(14,15)7-2-3-9-10-7/h2-3H,4-6H2,1H3,(H,9,10). The van der Waals surface area contributed by atoms with E-state index in [2.05, 4.69) is 10.2 Å². The molecule has 1 aliphatic rings. The Morgan fingerprint density at radius 3 is 2.75 bits per heavy atom. The summed E-state index contributed by atoms with van der Waals surface area (Å²) in [7, 11) is -1.95. The van der Waals surface area contributed by atoms with E-state index in [0.29, 0.717) is 13.1 Å². The zero-order valence-corrected chi connectivity index (χ0v) is 9.57. The fourth-order valence-corrected chi connectivity index (χ4v) is 2.75. The highest BCUT2D eigenvalue weighted by molar-refractivity contribution is 7.89. The number of rotatable bonds is 2. The lowest BCUT2D eigenvalue weighted by molar-refractivity contribution is -0.132. The number of hydrogen-bond donors (Lipinski definition) is 1. The first-order valence-corrected chi connectivity index (χ1v) is 6.19.